The van der Waals surface area contributed by atoms with Crippen LogP contribution in [0.1, 0.15) is 29.1 Å². The number of morpholine rings is 1. The van der Waals surface area contributed by atoms with Gasteiger partial charge < -0.3 is 19.4 Å². The number of hydrogen-bond donors (Lipinski definition) is 2. The molecule has 2 saturated heterocycles. The van der Waals surface area contributed by atoms with E-state index in [1.54, 1.807) is 20.2 Å². The first-order chi connectivity index (χ1) is 13.3. The molecule has 2 N–H and O–H groups in total. The SMILES string of the molecule is C[NH+]1CCN(c2nc(C[NH+]3CCOCC3)nc3sc4c(c23)CCCC4)CC1. The van der Waals surface area contributed by atoms with Gasteiger partial charge in [0.1, 0.15) is 30.3 Å². The summed E-state index contributed by atoms with van der Waals surface area (Å²) in [7, 11) is 2.30. The predicted molar refractivity (Wildman–Crippen MR) is 108 cm³/mol. The monoisotopic (exact) mass is 389 g/mol. The van der Waals surface area contributed by atoms with E-state index in [4.69, 9.17) is 14.7 Å². The van der Waals surface area contributed by atoms with E-state index in [1.165, 1.54) is 54.8 Å². The highest BCUT2D eigenvalue weighted by Gasteiger charge is 2.27. The van der Waals surface area contributed by atoms with Gasteiger partial charge in [-0.25, -0.2) is 9.97 Å². The molecule has 4 heterocycles. The van der Waals surface area contributed by atoms with Crippen molar-refractivity contribution in [2.75, 3.05) is 64.4 Å². The molecule has 0 spiro atoms. The largest absolute Gasteiger partial charge is 0.370 e. The summed E-state index contributed by atoms with van der Waals surface area (Å²) in [5.74, 6) is 2.26. The first kappa shape index (κ1) is 17.8. The number of thiophene rings is 1. The predicted octanol–water partition coefficient (Wildman–Crippen LogP) is -0.680. The number of rotatable bonds is 3. The van der Waals surface area contributed by atoms with Gasteiger partial charge in [-0.05, 0) is 31.2 Å². The first-order valence-corrected chi connectivity index (χ1v) is 11.4. The van der Waals surface area contributed by atoms with E-state index < -0.39 is 0 Å². The van der Waals surface area contributed by atoms with E-state index in [2.05, 4.69) is 11.9 Å². The molecule has 0 radical (unpaired) electrons. The van der Waals surface area contributed by atoms with Crippen LogP contribution in [0.4, 0.5) is 5.82 Å². The number of nitrogens with zero attached hydrogens (tertiary/aromatic N) is 3. The lowest BCUT2D eigenvalue weighted by atomic mass is 9.97. The van der Waals surface area contributed by atoms with Gasteiger partial charge in [0.25, 0.3) is 0 Å². The van der Waals surface area contributed by atoms with Crippen LogP contribution in [0.2, 0.25) is 0 Å². The quantitative estimate of drug-likeness (QED) is 0.730. The van der Waals surface area contributed by atoms with Crippen molar-refractivity contribution in [1.29, 1.82) is 0 Å². The number of quaternary nitrogens is 2. The Morgan fingerprint density at radius 2 is 1.81 bits per heavy atom. The molecule has 2 aromatic rings. The van der Waals surface area contributed by atoms with Crippen LogP contribution in [-0.4, -0.2) is 69.5 Å². The number of hydrogen-bond acceptors (Lipinski definition) is 5. The smallest absolute Gasteiger partial charge is 0.187 e. The van der Waals surface area contributed by atoms with Crippen LogP contribution in [0.25, 0.3) is 10.2 Å². The Balaban J connectivity index is 1.54. The van der Waals surface area contributed by atoms with Gasteiger partial charge in [-0.2, -0.15) is 0 Å². The van der Waals surface area contributed by atoms with Crippen LogP contribution in [0.3, 0.4) is 0 Å². The first-order valence-electron chi connectivity index (χ1n) is 10.6. The molecule has 0 amide bonds. The average molecular weight is 390 g/mol. The molecule has 1 aliphatic carbocycles. The van der Waals surface area contributed by atoms with Gasteiger partial charge >= 0.3 is 0 Å². The van der Waals surface area contributed by atoms with E-state index in [-0.39, 0.29) is 0 Å². The maximum atomic E-state index is 5.52. The lowest BCUT2D eigenvalue weighted by Crippen LogP contribution is -3.12. The highest BCUT2D eigenvalue weighted by Crippen LogP contribution is 2.39. The van der Waals surface area contributed by atoms with Gasteiger partial charge in [0.15, 0.2) is 5.82 Å². The Hall–Kier alpha value is -1.28. The molecule has 2 aromatic heterocycles. The molecule has 0 atom stereocenters. The highest BCUT2D eigenvalue weighted by atomic mass is 32.1. The number of fused-ring (bicyclic) bond motifs is 3. The van der Waals surface area contributed by atoms with Gasteiger partial charge in [-0.15, -0.1) is 11.3 Å². The number of likely N-dealkylation sites (N-methyl/N-ethyl adjacent to an activating group) is 1. The van der Waals surface area contributed by atoms with Crippen LogP contribution in [0.15, 0.2) is 0 Å². The van der Waals surface area contributed by atoms with Crippen LogP contribution >= 0.6 is 11.3 Å². The fourth-order valence-electron chi connectivity index (χ4n) is 4.65. The summed E-state index contributed by atoms with van der Waals surface area (Å²) in [6.45, 7) is 9.37. The third-order valence-corrected chi connectivity index (χ3v) is 7.55. The minimum Gasteiger partial charge on any atom is -0.370 e. The molecule has 0 unspecified atom stereocenters. The Labute approximate surface area is 165 Å². The number of piperazine rings is 1. The van der Waals surface area contributed by atoms with Crippen LogP contribution in [-0.2, 0) is 24.1 Å². The average Bonchev–Trinajstić information content (AvgIpc) is 3.07. The van der Waals surface area contributed by atoms with Crippen molar-refractivity contribution in [3.63, 3.8) is 0 Å². The summed E-state index contributed by atoms with van der Waals surface area (Å²) in [5.41, 5.74) is 1.56. The van der Waals surface area contributed by atoms with Crippen molar-refractivity contribution in [3.05, 3.63) is 16.3 Å². The van der Waals surface area contributed by atoms with E-state index >= 15 is 0 Å². The van der Waals surface area contributed by atoms with Crippen LogP contribution in [0.5, 0.6) is 0 Å². The fourth-order valence-corrected chi connectivity index (χ4v) is 5.92. The van der Waals surface area contributed by atoms with Crippen LogP contribution < -0.4 is 14.7 Å². The Morgan fingerprint density at radius 1 is 1.04 bits per heavy atom. The summed E-state index contributed by atoms with van der Waals surface area (Å²) >= 11 is 1.94. The van der Waals surface area contributed by atoms with E-state index in [1.807, 2.05) is 11.3 Å². The minimum absolute atomic E-state index is 0.860. The van der Waals surface area contributed by atoms with Crippen molar-refractivity contribution >= 4 is 27.4 Å². The summed E-state index contributed by atoms with van der Waals surface area (Å²) < 4.78 is 5.52. The number of anilines is 1. The van der Waals surface area contributed by atoms with Gasteiger partial charge in [-0.3, -0.25) is 0 Å². The Kier molecular flexibility index (Phi) is 5.02. The van der Waals surface area contributed by atoms with E-state index in [0.29, 0.717) is 0 Å². The number of nitrogens with one attached hydrogen (secondary N) is 2. The molecular formula is C20H31N5OS+2. The summed E-state index contributed by atoms with van der Waals surface area (Å²) in [6.07, 6.45) is 5.07. The molecule has 0 aromatic carbocycles. The topological polar surface area (TPSA) is 47.1 Å². The Bertz CT molecular complexity index is 808. The van der Waals surface area contributed by atoms with Crippen molar-refractivity contribution < 1.29 is 14.5 Å². The standard InChI is InChI=1S/C20H29N5OS/c1-23-6-8-25(9-7-23)19-18-15-4-2-3-5-16(15)27-20(18)22-17(21-19)14-24-10-12-26-13-11-24/h2-14H2,1H3/p+2. The third-order valence-electron chi connectivity index (χ3n) is 6.37. The lowest BCUT2D eigenvalue weighted by molar-refractivity contribution is -0.922. The van der Waals surface area contributed by atoms with Crippen molar-refractivity contribution in [1.82, 2.24) is 9.97 Å². The summed E-state index contributed by atoms with van der Waals surface area (Å²) in [4.78, 5) is 18.8. The zero-order chi connectivity index (χ0) is 18.2. The van der Waals surface area contributed by atoms with Crippen molar-refractivity contribution in [2.24, 2.45) is 0 Å². The van der Waals surface area contributed by atoms with Crippen LogP contribution in [0, 0.1) is 0 Å². The van der Waals surface area contributed by atoms with Gasteiger partial charge in [0.05, 0.1) is 51.8 Å². The molecule has 146 valence electrons. The zero-order valence-corrected chi connectivity index (χ0v) is 17.2. The maximum absolute atomic E-state index is 5.52. The molecule has 7 heteroatoms. The van der Waals surface area contributed by atoms with Crippen molar-refractivity contribution in [3.8, 4) is 0 Å². The number of ether oxygens (including phenoxy) is 1. The third kappa shape index (κ3) is 3.58. The van der Waals surface area contributed by atoms with Gasteiger partial charge in [0.2, 0.25) is 0 Å². The number of aryl methyl sites for hydroxylation is 2. The van der Waals surface area contributed by atoms with Crippen molar-refractivity contribution in [2.45, 2.75) is 32.2 Å². The highest BCUT2D eigenvalue weighted by molar-refractivity contribution is 7.19. The van der Waals surface area contributed by atoms with E-state index in [9.17, 15) is 0 Å². The molecular weight excluding hydrogens is 358 g/mol. The second-order valence-electron chi connectivity index (χ2n) is 8.34. The summed E-state index contributed by atoms with van der Waals surface area (Å²) in [6, 6.07) is 0. The fraction of sp³-hybridized carbons (Fsp3) is 0.700. The normalized spacial score (nSPS) is 22.3. The molecule has 6 nitrogen and oxygen atoms in total. The van der Waals surface area contributed by atoms with E-state index in [0.717, 1.165) is 51.8 Å². The van der Waals surface area contributed by atoms with Gasteiger partial charge in [-0.1, -0.05) is 0 Å². The molecule has 3 aliphatic rings. The van der Waals surface area contributed by atoms with Gasteiger partial charge in [0, 0.05) is 4.88 Å². The molecule has 5 rings (SSSR count). The molecule has 0 bridgehead atoms. The number of aromatic nitrogens is 2. The molecule has 0 saturated carbocycles. The summed E-state index contributed by atoms with van der Waals surface area (Å²) in [5, 5.41) is 1.38. The zero-order valence-electron chi connectivity index (χ0n) is 16.4. The minimum atomic E-state index is 0.860. The molecule has 2 aliphatic heterocycles. The molecule has 2 fully saturated rings. The second kappa shape index (κ2) is 7.62. The molecule has 27 heavy (non-hydrogen) atoms. The lowest BCUT2D eigenvalue weighted by Gasteiger charge is -2.32. The second-order valence-corrected chi connectivity index (χ2v) is 9.42. The Morgan fingerprint density at radius 3 is 2.63 bits per heavy atom. The maximum Gasteiger partial charge on any atom is 0.187 e.